The molecular formula is O8S2Zn. The average Bonchev–Trinajstić information content (AvgIpc) is 1.57. The maximum Gasteiger partial charge on any atom is 2.00 e. The van der Waals surface area contributed by atoms with Crippen LogP contribution in [0.15, 0.2) is 0 Å². The number of hydrogen-bond acceptors (Lipinski definition) is 8. The summed E-state index contributed by atoms with van der Waals surface area (Å²) in [5, 5.41) is 0. The van der Waals surface area contributed by atoms with Crippen LogP contribution in [-0.2, 0) is 48.9 Å². The van der Waals surface area contributed by atoms with E-state index < -0.39 is 20.8 Å². The van der Waals surface area contributed by atoms with E-state index in [0.717, 1.165) is 0 Å². The molecule has 0 N–H and O–H groups in total. The summed E-state index contributed by atoms with van der Waals surface area (Å²) in [5.41, 5.74) is 0. The molecule has 0 aliphatic carbocycles. The second-order valence-electron chi connectivity index (χ2n) is 0.953. The summed E-state index contributed by atoms with van der Waals surface area (Å²) < 4.78 is 61.5. The molecule has 0 saturated heterocycles. The molecule has 0 radical (unpaired) electrons. The van der Waals surface area contributed by atoms with Gasteiger partial charge in [-0.1, -0.05) is 0 Å². The van der Waals surface area contributed by atoms with Crippen molar-refractivity contribution >= 4 is 20.8 Å². The first kappa shape index (κ1) is 13.9. The molecule has 0 fully saturated rings. The number of hydrogen-bond donors (Lipinski definition) is 0. The van der Waals surface area contributed by atoms with E-state index in [9.17, 15) is 25.9 Å². The van der Waals surface area contributed by atoms with Crippen LogP contribution in [0.2, 0.25) is 0 Å². The molecule has 62 valence electrons. The van der Waals surface area contributed by atoms with E-state index in [-0.39, 0.29) is 19.5 Å². The van der Waals surface area contributed by atoms with Gasteiger partial charge in [0.05, 0.1) is 0 Å². The van der Waals surface area contributed by atoms with Crippen LogP contribution in [0.4, 0.5) is 0 Å². The molecule has 11 heavy (non-hydrogen) atoms. The van der Waals surface area contributed by atoms with Crippen LogP contribution in [0.5, 0.6) is 0 Å². The van der Waals surface area contributed by atoms with Crippen LogP contribution in [0, 0.1) is 0 Å². The Kier molecular flexibility index (Phi) is 5.57. The maximum absolute atomic E-state index is 9.37. The van der Waals surface area contributed by atoms with Gasteiger partial charge in [-0.3, -0.25) is 0 Å². The molecule has 0 aromatic carbocycles. The molecule has 0 saturated carbocycles. The van der Waals surface area contributed by atoms with Crippen molar-refractivity contribution in [3.05, 3.63) is 0 Å². The van der Waals surface area contributed by atoms with E-state index in [2.05, 4.69) is 8.67 Å². The fourth-order valence-electron chi connectivity index (χ4n) is 0.0680. The Labute approximate surface area is 75.1 Å². The van der Waals surface area contributed by atoms with E-state index in [4.69, 9.17) is 0 Å². The van der Waals surface area contributed by atoms with Gasteiger partial charge < -0.3 is 9.11 Å². The van der Waals surface area contributed by atoms with Crippen molar-refractivity contribution in [3.63, 3.8) is 0 Å². The molecule has 0 atom stereocenters. The molecule has 0 spiro atoms. The monoisotopic (exact) mass is 256 g/mol. The van der Waals surface area contributed by atoms with Crippen LogP contribution in [0.3, 0.4) is 0 Å². The van der Waals surface area contributed by atoms with Gasteiger partial charge in [0.2, 0.25) is 20.8 Å². The van der Waals surface area contributed by atoms with Gasteiger partial charge in [-0.25, -0.2) is 16.8 Å². The summed E-state index contributed by atoms with van der Waals surface area (Å²) >= 11 is 0. The van der Waals surface area contributed by atoms with Crippen molar-refractivity contribution in [1.29, 1.82) is 0 Å². The Morgan fingerprint density at radius 1 is 0.818 bits per heavy atom. The SMILES string of the molecule is O=S(=O)([O-])OOS(=O)(=O)[O-].[Zn+2]. The minimum atomic E-state index is -5.31. The van der Waals surface area contributed by atoms with Gasteiger partial charge in [0.25, 0.3) is 0 Å². The smallest absolute Gasteiger partial charge is 0.724 e. The Hall–Kier alpha value is 0.363. The first-order valence-corrected chi connectivity index (χ1v) is 4.17. The molecule has 0 rings (SSSR count). The largest absolute Gasteiger partial charge is 2.00 e. The molecule has 0 aliphatic heterocycles. The Morgan fingerprint density at radius 3 is 1.09 bits per heavy atom. The fraction of sp³-hybridized carbons (Fsp3) is 0. The van der Waals surface area contributed by atoms with Gasteiger partial charge >= 0.3 is 19.5 Å². The Morgan fingerprint density at radius 2 is 1.00 bits per heavy atom. The minimum absolute atomic E-state index is 0. The summed E-state index contributed by atoms with van der Waals surface area (Å²) in [4.78, 5) is 0. The van der Waals surface area contributed by atoms with E-state index in [1.807, 2.05) is 0 Å². The molecule has 0 unspecified atom stereocenters. The third-order valence-electron chi connectivity index (χ3n) is 0.194. The van der Waals surface area contributed by atoms with Crippen LogP contribution < -0.4 is 0 Å². The van der Waals surface area contributed by atoms with Crippen molar-refractivity contribution < 1.29 is 54.1 Å². The first-order chi connectivity index (χ1) is 4.21. The van der Waals surface area contributed by atoms with E-state index >= 15 is 0 Å². The summed E-state index contributed by atoms with van der Waals surface area (Å²) in [6.07, 6.45) is 0. The standard InChI is InChI=1S/H2O8S2.Zn/c1-9(2,3)7-8-10(4,5)6;/h(H,1,2,3)(H,4,5,6);/q;+2/p-2. The van der Waals surface area contributed by atoms with Gasteiger partial charge in [-0.05, 0) is 0 Å². The Balaban J connectivity index is 0. The molecule has 0 aromatic heterocycles. The minimum Gasteiger partial charge on any atom is -0.724 e. The van der Waals surface area contributed by atoms with Crippen molar-refractivity contribution in [2.45, 2.75) is 0 Å². The second-order valence-corrected chi connectivity index (χ2v) is 2.86. The summed E-state index contributed by atoms with van der Waals surface area (Å²) in [5.74, 6) is 0. The topological polar surface area (TPSA) is 133 Å². The van der Waals surface area contributed by atoms with Gasteiger partial charge in [-0.15, -0.1) is 8.67 Å². The second kappa shape index (κ2) is 4.40. The van der Waals surface area contributed by atoms with Gasteiger partial charge in [0, 0.05) is 0 Å². The van der Waals surface area contributed by atoms with Crippen molar-refractivity contribution in [1.82, 2.24) is 0 Å². The maximum atomic E-state index is 9.37. The van der Waals surface area contributed by atoms with Crippen LogP contribution >= 0.6 is 0 Å². The van der Waals surface area contributed by atoms with Crippen LogP contribution in [0.1, 0.15) is 0 Å². The molecule has 0 aliphatic rings. The summed E-state index contributed by atoms with van der Waals surface area (Å²) in [7, 11) is -10.6. The zero-order valence-electron chi connectivity index (χ0n) is 4.79. The first-order valence-electron chi connectivity index (χ1n) is 1.50. The van der Waals surface area contributed by atoms with E-state index in [1.165, 1.54) is 0 Å². The third kappa shape index (κ3) is 13.4. The zero-order valence-corrected chi connectivity index (χ0v) is 9.39. The number of rotatable bonds is 3. The van der Waals surface area contributed by atoms with Crippen molar-refractivity contribution in [2.75, 3.05) is 0 Å². The summed E-state index contributed by atoms with van der Waals surface area (Å²) in [6, 6.07) is 0. The zero-order chi connectivity index (χ0) is 8.41. The molecule has 0 heterocycles. The molecule has 0 amide bonds. The van der Waals surface area contributed by atoms with Gasteiger partial charge in [0.1, 0.15) is 0 Å². The fourth-order valence-corrected chi connectivity index (χ4v) is 0.612. The van der Waals surface area contributed by atoms with Crippen LogP contribution in [0.25, 0.3) is 0 Å². The van der Waals surface area contributed by atoms with Crippen LogP contribution in [-0.4, -0.2) is 25.9 Å². The molecule has 8 nitrogen and oxygen atoms in total. The molecular weight excluding hydrogens is 258 g/mol. The average molecular weight is 258 g/mol. The molecule has 0 aromatic rings. The van der Waals surface area contributed by atoms with Gasteiger partial charge in [-0.2, -0.15) is 0 Å². The van der Waals surface area contributed by atoms with Crippen molar-refractivity contribution in [3.8, 4) is 0 Å². The normalized spacial score (nSPS) is 12.2. The van der Waals surface area contributed by atoms with E-state index in [1.54, 1.807) is 0 Å². The molecule has 0 bridgehead atoms. The quantitative estimate of drug-likeness (QED) is 0.184. The van der Waals surface area contributed by atoms with E-state index in [0.29, 0.717) is 0 Å². The summed E-state index contributed by atoms with van der Waals surface area (Å²) in [6.45, 7) is 0. The van der Waals surface area contributed by atoms with Crippen molar-refractivity contribution in [2.24, 2.45) is 0 Å². The molecule has 11 heteroatoms. The van der Waals surface area contributed by atoms with Gasteiger partial charge in [0.15, 0.2) is 0 Å². The third-order valence-corrected chi connectivity index (χ3v) is 0.750. The predicted molar refractivity (Wildman–Crippen MR) is 21.6 cm³/mol. The predicted octanol–water partition coefficient (Wildman–Crippen LogP) is -2.15. The Bertz CT molecular complexity index is 248.